The van der Waals surface area contributed by atoms with Gasteiger partial charge in [-0.05, 0) is 41.0 Å². The van der Waals surface area contributed by atoms with Crippen molar-refractivity contribution in [1.82, 2.24) is 0 Å². The Morgan fingerprint density at radius 3 is 2.48 bits per heavy atom. The summed E-state index contributed by atoms with van der Waals surface area (Å²) in [4.78, 5) is 0. The number of hydrogen-bond acceptors (Lipinski definition) is 4. The van der Waals surface area contributed by atoms with Crippen LogP contribution in [0.1, 0.15) is 18.4 Å². The Morgan fingerprint density at radius 2 is 1.67 bits per heavy atom. The summed E-state index contributed by atoms with van der Waals surface area (Å²) < 4.78 is 11.6. The van der Waals surface area contributed by atoms with Crippen LogP contribution in [0, 0.1) is 5.41 Å². The van der Waals surface area contributed by atoms with Crippen molar-refractivity contribution in [3.8, 4) is 11.5 Å². The van der Waals surface area contributed by atoms with Gasteiger partial charge in [0.1, 0.15) is 23.9 Å². The third-order valence-electron chi connectivity index (χ3n) is 4.03. The summed E-state index contributed by atoms with van der Waals surface area (Å²) in [6.45, 7) is 0.978. The molecule has 3 rings (SSSR count). The minimum Gasteiger partial charge on any atom is -0.493 e. The summed E-state index contributed by atoms with van der Waals surface area (Å²) in [6.07, 6.45) is 1.14. The Morgan fingerprint density at radius 1 is 0.889 bits per heavy atom. The second-order valence-corrected chi connectivity index (χ2v) is 6.06. The molecular weight excluding hydrogens is 340 g/mol. The number of fused-ring (bicyclic) bond motifs is 1. The average Bonchev–Trinajstić information content (AvgIpc) is 2.70. The van der Waals surface area contributed by atoms with Crippen LogP contribution in [-0.2, 0) is 6.61 Å². The Labute approximate surface area is 158 Å². The summed E-state index contributed by atoms with van der Waals surface area (Å²) in [5.74, 6) is 6.55. The third-order valence-corrected chi connectivity index (χ3v) is 4.03. The highest BCUT2D eigenvalue weighted by molar-refractivity contribution is 5.83. The lowest BCUT2D eigenvalue weighted by atomic mass is 10.1. The maximum Gasteiger partial charge on any atom is 0.145 e. The molecule has 0 fully saturated rings. The summed E-state index contributed by atoms with van der Waals surface area (Å²) in [5, 5.41) is 16.5. The second kappa shape index (κ2) is 9.33. The molecule has 0 atom stereocenters. The van der Waals surface area contributed by atoms with E-state index in [0.717, 1.165) is 17.1 Å². The molecule has 0 aliphatic heterocycles. The van der Waals surface area contributed by atoms with Gasteiger partial charge in [0.2, 0.25) is 0 Å². The van der Waals surface area contributed by atoms with Gasteiger partial charge in [-0.25, -0.2) is 0 Å². The molecule has 6 nitrogen and oxygen atoms in total. The quantitative estimate of drug-likeness (QED) is 0.149. The summed E-state index contributed by atoms with van der Waals surface area (Å²) in [5.41, 5.74) is 1.12. The van der Waals surface area contributed by atoms with Gasteiger partial charge in [-0.1, -0.05) is 47.7 Å². The zero-order valence-electron chi connectivity index (χ0n) is 15.0. The lowest BCUT2D eigenvalue weighted by Crippen LogP contribution is -2.01. The first-order valence-corrected chi connectivity index (χ1v) is 8.76. The van der Waals surface area contributed by atoms with Crippen LogP contribution < -0.4 is 15.3 Å². The third kappa shape index (κ3) is 5.54. The van der Waals surface area contributed by atoms with Gasteiger partial charge in [0.05, 0.1) is 6.61 Å². The van der Waals surface area contributed by atoms with Gasteiger partial charge in [0.25, 0.3) is 0 Å². The van der Waals surface area contributed by atoms with E-state index in [4.69, 9.17) is 20.7 Å². The van der Waals surface area contributed by atoms with E-state index in [2.05, 4.69) is 40.7 Å². The molecule has 0 saturated heterocycles. The number of hydrogen-bond donors (Lipinski definition) is 2. The smallest absolute Gasteiger partial charge is 0.145 e. The molecule has 6 heteroatoms. The molecule has 0 saturated carbocycles. The van der Waals surface area contributed by atoms with E-state index in [-0.39, 0.29) is 5.84 Å². The van der Waals surface area contributed by atoms with E-state index < -0.39 is 0 Å². The molecule has 0 unspecified atom stereocenters. The fourth-order valence-corrected chi connectivity index (χ4v) is 2.70. The van der Waals surface area contributed by atoms with Gasteiger partial charge < -0.3 is 15.3 Å². The zero-order chi connectivity index (χ0) is 18.9. The van der Waals surface area contributed by atoms with Crippen LogP contribution >= 0.6 is 0 Å². The second-order valence-electron chi connectivity index (χ2n) is 6.06. The van der Waals surface area contributed by atoms with Gasteiger partial charge in [-0.2, -0.15) is 0 Å². The highest BCUT2D eigenvalue weighted by Crippen LogP contribution is 2.22. The standard InChI is InChI=1S/C21H22N4O2/c22-21(24-25-23)9-4-12-26-19-7-3-8-20(14-19)27-15-16-10-11-17-5-1-2-6-18(17)13-16/h1-3,5-8,10-11,13-14H,4,9,12,15H2,(H3,22,23,24). The molecule has 138 valence electrons. The highest BCUT2D eigenvalue weighted by atomic mass is 16.5. The lowest BCUT2D eigenvalue weighted by molar-refractivity contribution is 0.293. The molecule has 3 N–H and O–H groups in total. The minimum atomic E-state index is 0.147. The van der Waals surface area contributed by atoms with Gasteiger partial charge in [0.15, 0.2) is 0 Å². The predicted molar refractivity (Wildman–Crippen MR) is 106 cm³/mol. The van der Waals surface area contributed by atoms with Crippen molar-refractivity contribution in [2.24, 2.45) is 16.2 Å². The van der Waals surface area contributed by atoms with Crippen molar-refractivity contribution in [1.29, 1.82) is 5.41 Å². The van der Waals surface area contributed by atoms with Crippen molar-refractivity contribution >= 4 is 16.6 Å². The highest BCUT2D eigenvalue weighted by Gasteiger charge is 2.02. The molecule has 0 amide bonds. The first-order chi connectivity index (χ1) is 13.2. The van der Waals surface area contributed by atoms with E-state index >= 15 is 0 Å². The largest absolute Gasteiger partial charge is 0.493 e. The molecule has 0 aliphatic rings. The molecule has 0 heterocycles. The number of nitrogens with two attached hydrogens (primary N) is 1. The Bertz CT molecular complexity index is 940. The predicted octanol–water partition coefficient (Wildman–Crippen LogP) is 4.88. The minimum absolute atomic E-state index is 0.147. The molecule has 0 radical (unpaired) electrons. The van der Waals surface area contributed by atoms with E-state index in [0.29, 0.717) is 26.1 Å². The molecule has 0 aliphatic carbocycles. The van der Waals surface area contributed by atoms with Crippen LogP contribution in [0.15, 0.2) is 77.1 Å². The molecule has 3 aromatic rings. The maximum absolute atomic E-state index is 7.48. The van der Waals surface area contributed by atoms with Crippen LogP contribution in [0.2, 0.25) is 0 Å². The Hall–Kier alpha value is -3.41. The first-order valence-electron chi connectivity index (χ1n) is 8.76. The molecule has 27 heavy (non-hydrogen) atoms. The van der Waals surface area contributed by atoms with Crippen LogP contribution in [0.3, 0.4) is 0 Å². The van der Waals surface area contributed by atoms with Crippen molar-refractivity contribution in [2.45, 2.75) is 19.4 Å². The molecule has 0 bridgehead atoms. The number of ether oxygens (including phenoxy) is 2. The van der Waals surface area contributed by atoms with Crippen molar-refractivity contribution in [2.75, 3.05) is 6.61 Å². The summed E-state index contributed by atoms with van der Waals surface area (Å²) in [6, 6.07) is 22.2. The zero-order valence-corrected chi connectivity index (χ0v) is 15.0. The van der Waals surface area contributed by atoms with Crippen LogP contribution in [-0.4, -0.2) is 12.4 Å². The average molecular weight is 362 g/mol. The fourth-order valence-electron chi connectivity index (χ4n) is 2.70. The maximum atomic E-state index is 7.48. The fraction of sp³-hybridized carbons (Fsp3) is 0.190. The molecule has 0 spiro atoms. The Balaban J connectivity index is 1.51. The van der Waals surface area contributed by atoms with E-state index in [9.17, 15) is 0 Å². The van der Waals surface area contributed by atoms with Crippen LogP contribution in [0.25, 0.3) is 10.8 Å². The van der Waals surface area contributed by atoms with E-state index in [1.807, 2.05) is 36.4 Å². The van der Waals surface area contributed by atoms with Crippen molar-refractivity contribution in [3.63, 3.8) is 0 Å². The summed E-state index contributed by atoms with van der Waals surface area (Å²) >= 11 is 0. The molecule has 0 aromatic heterocycles. The van der Waals surface area contributed by atoms with Gasteiger partial charge in [0, 0.05) is 12.5 Å². The Kier molecular flexibility index (Phi) is 6.35. The topological polar surface area (TPSA) is 93.0 Å². The summed E-state index contributed by atoms with van der Waals surface area (Å²) in [7, 11) is 0. The molecule has 3 aromatic carbocycles. The van der Waals surface area contributed by atoms with Gasteiger partial charge in [-0.3, -0.25) is 5.41 Å². The number of amidine groups is 1. The number of nitrogens with one attached hydrogen (secondary N) is 1. The number of nitrogens with zero attached hydrogens (tertiary/aromatic N) is 2. The van der Waals surface area contributed by atoms with Crippen LogP contribution in [0.4, 0.5) is 0 Å². The first kappa shape index (κ1) is 18.4. The number of benzene rings is 3. The van der Waals surface area contributed by atoms with Crippen LogP contribution in [0.5, 0.6) is 11.5 Å². The number of rotatable bonds is 8. The lowest BCUT2D eigenvalue weighted by Gasteiger charge is -2.10. The normalized spacial score (nSPS) is 11.0. The van der Waals surface area contributed by atoms with Crippen molar-refractivity contribution < 1.29 is 9.47 Å². The van der Waals surface area contributed by atoms with Gasteiger partial charge in [-0.15, -0.1) is 5.11 Å². The molecular formula is C21H22N4O2. The van der Waals surface area contributed by atoms with E-state index in [1.54, 1.807) is 0 Å². The monoisotopic (exact) mass is 362 g/mol. The van der Waals surface area contributed by atoms with Gasteiger partial charge >= 0.3 is 0 Å². The SMILES string of the molecule is N=C(CCCOc1cccc(OCc2ccc3ccccc3c2)c1)N=NN. The van der Waals surface area contributed by atoms with Crippen molar-refractivity contribution in [3.05, 3.63) is 72.3 Å². The van der Waals surface area contributed by atoms with E-state index in [1.165, 1.54) is 10.8 Å².